The van der Waals surface area contributed by atoms with Gasteiger partial charge in [0.2, 0.25) is 23.6 Å². The number of carbonyl (C=O) groups excluding carboxylic acids is 4. The third-order valence-electron chi connectivity index (χ3n) is 11.1. The Morgan fingerprint density at radius 1 is 0.554 bits per heavy atom. The zero-order valence-electron chi connectivity index (χ0n) is 37.2. The third-order valence-corrected chi connectivity index (χ3v) is 11.6. The van der Waals surface area contributed by atoms with Crippen molar-refractivity contribution >= 4 is 68.0 Å². The minimum atomic E-state index is -0.281. The van der Waals surface area contributed by atoms with Crippen LogP contribution in [0.3, 0.4) is 0 Å². The molecule has 6 aromatic carbocycles. The van der Waals surface area contributed by atoms with Gasteiger partial charge in [-0.2, -0.15) is 0 Å². The maximum Gasteiger partial charge on any atom is 0.224 e. The topological polar surface area (TPSA) is 137 Å². The first-order chi connectivity index (χ1) is 31.0. The summed E-state index contributed by atoms with van der Waals surface area (Å²) in [6.07, 6.45) is 1.46. The van der Waals surface area contributed by atoms with Gasteiger partial charge in [-0.15, -0.1) is 0 Å². The van der Waals surface area contributed by atoms with E-state index in [-0.39, 0.29) is 59.4 Å². The van der Waals surface area contributed by atoms with Crippen LogP contribution < -0.4 is 31.5 Å². The second-order valence-electron chi connectivity index (χ2n) is 16.3. The Morgan fingerprint density at radius 2 is 0.985 bits per heavy atom. The van der Waals surface area contributed by atoms with Gasteiger partial charge in [-0.05, 0) is 157 Å². The molecule has 2 aliphatic heterocycles. The number of nitrogens with zero attached hydrogens (tertiary/aromatic N) is 2. The van der Waals surface area contributed by atoms with E-state index in [9.17, 15) is 28.0 Å². The molecule has 0 aromatic heterocycles. The van der Waals surface area contributed by atoms with Crippen LogP contribution in [0.1, 0.15) is 77.6 Å². The summed E-state index contributed by atoms with van der Waals surface area (Å²) in [4.78, 5) is 50.8. The summed E-state index contributed by atoms with van der Waals surface area (Å²) in [6.45, 7) is 10.2. The molecule has 0 fully saturated rings. The van der Waals surface area contributed by atoms with Crippen molar-refractivity contribution in [3.05, 3.63) is 161 Å². The Bertz CT molecular complexity index is 2660. The van der Waals surface area contributed by atoms with E-state index < -0.39 is 0 Å². The average Bonchev–Trinajstić information content (AvgIpc) is 3.25. The number of nitrogens with two attached hydrogens (primary N) is 1. The number of benzene rings is 6. The predicted molar refractivity (Wildman–Crippen MR) is 261 cm³/mol. The molecule has 4 amide bonds. The largest absolute Gasteiger partial charge is 0.378 e. The molecule has 2 aliphatic rings. The molecule has 6 aromatic rings. The fraction of sp³-hybridized carbons (Fsp3) is 0.231. The Labute approximate surface area is 387 Å². The number of fused-ring (bicyclic) bond motifs is 2. The fourth-order valence-corrected chi connectivity index (χ4v) is 8.63. The van der Waals surface area contributed by atoms with Crippen molar-refractivity contribution in [3.8, 4) is 22.3 Å². The average molecular weight is 944 g/mol. The van der Waals surface area contributed by atoms with Gasteiger partial charge in [0.25, 0.3) is 0 Å². The van der Waals surface area contributed by atoms with Crippen LogP contribution in [0.4, 0.5) is 37.2 Å². The molecule has 0 aliphatic carbocycles. The van der Waals surface area contributed by atoms with E-state index in [1.54, 1.807) is 38.1 Å². The van der Waals surface area contributed by atoms with Crippen molar-refractivity contribution in [2.75, 3.05) is 25.8 Å². The van der Waals surface area contributed by atoms with Gasteiger partial charge in [0.05, 0.1) is 6.04 Å². The third kappa shape index (κ3) is 12.3. The lowest BCUT2D eigenvalue weighted by Crippen LogP contribution is -2.43. The molecule has 4 unspecified atom stereocenters. The maximum atomic E-state index is 13.4. The van der Waals surface area contributed by atoms with Crippen molar-refractivity contribution < 1.29 is 28.0 Å². The van der Waals surface area contributed by atoms with E-state index in [0.29, 0.717) is 0 Å². The molecule has 8 rings (SSSR count). The van der Waals surface area contributed by atoms with Crippen LogP contribution in [-0.4, -0.2) is 35.7 Å². The van der Waals surface area contributed by atoms with Crippen LogP contribution in [-0.2, 0) is 19.2 Å². The SMILES string of the molecule is CC(=O)Nc1cccc(-c2ccc3c(c2)C(N)CC(C)N3C(C)=O)c1.CC(=O)Nc1cccc(-c2ccc3c(c2)C(Nc2ccc(F)cc2)CC(C)N3C(C)=O)c1.Fc1ccc(Br)cc1. The lowest BCUT2D eigenvalue weighted by molar-refractivity contribution is -0.118. The normalized spacial score (nSPS) is 17.1. The number of halogens is 3. The van der Waals surface area contributed by atoms with E-state index in [0.717, 1.165) is 79.1 Å². The van der Waals surface area contributed by atoms with E-state index in [4.69, 9.17) is 5.73 Å². The molecule has 5 N–H and O–H groups in total. The molecule has 65 heavy (non-hydrogen) atoms. The molecule has 0 bridgehead atoms. The first-order valence-corrected chi connectivity index (χ1v) is 22.1. The number of hydrogen-bond donors (Lipinski definition) is 4. The molecule has 0 radical (unpaired) electrons. The minimum absolute atomic E-state index is 0.000567. The number of amides is 4. The summed E-state index contributed by atoms with van der Waals surface area (Å²) in [7, 11) is 0. The number of carbonyl (C=O) groups is 4. The van der Waals surface area contributed by atoms with Crippen molar-refractivity contribution in [2.45, 2.75) is 78.6 Å². The van der Waals surface area contributed by atoms with Crippen molar-refractivity contribution in [3.63, 3.8) is 0 Å². The van der Waals surface area contributed by atoms with E-state index in [1.165, 1.54) is 38.1 Å². The second kappa shape index (κ2) is 21.3. The minimum Gasteiger partial charge on any atom is -0.378 e. The van der Waals surface area contributed by atoms with Gasteiger partial charge in [-0.3, -0.25) is 19.2 Å². The highest BCUT2D eigenvalue weighted by Gasteiger charge is 2.33. The Balaban J connectivity index is 0.000000188. The molecule has 13 heteroatoms. The van der Waals surface area contributed by atoms with Crippen LogP contribution in [0.5, 0.6) is 0 Å². The number of anilines is 5. The number of nitrogens with one attached hydrogen (secondary N) is 3. The fourth-order valence-electron chi connectivity index (χ4n) is 8.36. The van der Waals surface area contributed by atoms with Gasteiger partial charge in [0.15, 0.2) is 0 Å². The van der Waals surface area contributed by atoms with Gasteiger partial charge in [0, 0.05) is 78.7 Å². The molecule has 2 heterocycles. The highest BCUT2D eigenvalue weighted by atomic mass is 79.9. The zero-order chi connectivity index (χ0) is 46.9. The molecular weight excluding hydrogens is 891 g/mol. The number of rotatable bonds is 6. The Morgan fingerprint density at radius 3 is 1.45 bits per heavy atom. The molecule has 0 spiro atoms. The van der Waals surface area contributed by atoms with Crippen molar-refractivity contribution in [1.29, 1.82) is 0 Å². The maximum absolute atomic E-state index is 13.4. The monoisotopic (exact) mass is 942 g/mol. The van der Waals surface area contributed by atoms with Gasteiger partial charge >= 0.3 is 0 Å². The predicted octanol–water partition coefficient (Wildman–Crippen LogP) is 11.8. The lowest BCUT2D eigenvalue weighted by Gasteiger charge is -2.39. The molecule has 0 saturated heterocycles. The molecular formula is C52H53BrF2N6O4. The molecule has 336 valence electrons. The summed E-state index contributed by atoms with van der Waals surface area (Å²) < 4.78 is 26.3. The van der Waals surface area contributed by atoms with Crippen LogP contribution >= 0.6 is 15.9 Å². The molecule has 10 nitrogen and oxygen atoms in total. The quantitative estimate of drug-likeness (QED) is 0.131. The second-order valence-corrected chi connectivity index (χ2v) is 17.2. The smallest absolute Gasteiger partial charge is 0.224 e. The van der Waals surface area contributed by atoms with E-state index in [1.807, 2.05) is 96.4 Å². The lowest BCUT2D eigenvalue weighted by atomic mass is 9.89. The summed E-state index contributed by atoms with van der Waals surface area (Å²) in [5, 5.41) is 9.12. The number of hydrogen-bond acceptors (Lipinski definition) is 6. The highest BCUT2D eigenvalue weighted by Crippen LogP contribution is 2.42. The van der Waals surface area contributed by atoms with Crippen LogP contribution in [0.2, 0.25) is 0 Å². The highest BCUT2D eigenvalue weighted by molar-refractivity contribution is 9.10. The first-order valence-electron chi connectivity index (χ1n) is 21.3. The van der Waals surface area contributed by atoms with Gasteiger partial charge in [-0.1, -0.05) is 52.3 Å². The zero-order valence-corrected chi connectivity index (χ0v) is 38.7. The Kier molecular flexibility index (Phi) is 15.7. The molecule has 4 atom stereocenters. The molecule has 0 saturated carbocycles. The standard InChI is InChI=1S/C26H26FN3O2.C20H23N3O2.C6H4BrF/c1-16-13-25(29-22-10-8-21(27)9-11-22)24-15-20(7-12-26(24)30(16)18(3)32)19-5-4-6-23(14-19)28-17(2)31;1-12-9-19(21)18-11-16(7-8-20(18)23(12)14(3)25)15-5-4-6-17(10-15)22-13(2)24;7-5-1-3-6(8)4-2-5/h4-12,14-16,25,29H,13H2,1-3H3,(H,28,31);4-8,10-12,19H,9,21H2,1-3H3,(H,22,24);1-4H. The van der Waals surface area contributed by atoms with Crippen LogP contribution in [0, 0.1) is 11.6 Å². The van der Waals surface area contributed by atoms with E-state index in [2.05, 4.69) is 44.0 Å². The van der Waals surface area contributed by atoms with Gasteiger partial charge in [-0.25, -0.2) is 8.78 Å². The summed E-state index contributed by atoms with van der Waals surface area (Å²) in [5.41, 5.74) is 16.4. The Hall–Kier alpha value is -6.70. The summed E-state index contributed by atoms with van der Waals surface area (Å²) in [5.74, 6) is -0.677. The van der Waals surface area contributed by atoms with Crippen molar-refractivity contribution in [2.24, 2.45) is 5.73 Å². The van der Waals surface area contributed by atoms with Crippen molar-refractivity contribution in [1.82, 2.24) is 0 Å². The first kappa shape index (κ1) is 47.8. The van der Waals surface area contributed by atoms with Gasteiger partial charge < -0.3 is 31.5 Å². The van der Waals surface area contributed by atoms with Crippen LogP contribution in [0.15, 0.2) is 138 Å². The van der Waals surface area contributed by atoms with E-state index >= 15 is 0 Å². The summed E-state index contributed by atoms with van der Waals surface area (Å²) >= 11 is 3.18. The van der Waals surface area contributed by atoms with Crippen LogP contribution in [0.25, 0.3) is 22.3 Å². The van der Waals surface area contributed by atoms with Gasteiger partial charge in [0.1, 0.15) is 11.6 Å². The summed E-state index contributed by atoms with van der Waals surface area (Å²) in [6, 6.07) is 39.8.